The zero-order chi connectivity index (χ0) is 14.1. The minimum absolute atomic E-state index is 1.09. The molecule has 0 spiro atoms. The zero-order valence-corrected chi connectivity index (χ0v) is 12.5. The quantitative estimate of drug-likeness (QED) is 0.865. The number of benzene rings is 2. The van der Waals surface area contributed by atoms with Crippen LogP contribution in [0.2, 0.25) is 0 Å². The maximum absolute atomic E-state index is 3.51. The molecule has 2 heteroatoms. The number of anilines is 3. The molecule has 20 heavy (non-hydrogen) atoms. The predicted molar refractivity (Wildman–Crippen MR) is 87.2 cm³/mol. The van der Waals surface area contributed by atoms with E-state index in [-0.39, 0.29) is 0 Å². The third-order valence-corrected chi connectivity index (χ3v) is 4.03. The van der Waals surface area contributed by atoms with Crippen molar-refractivity contribution >= 4 is 17.1 Å². The molecule has 2 nitrogen and oxygen atoms in total. The van der Waals surface area contributed by atoms with E-state index in [4.69, 9.17) is 0 Å². The molecule has 0 unspecified atom stereocenters. The Kier molecular flexibility index (Phi) is 3.39. The van der Waals surface area contributed by atoms with Crippen LogP contribution in [0.4, 0.5) is 17.1 Å². The van der Waals surface area contributed by atoms with Crippen molar-refractivity contribution in [3.05, 3.63) is 53.1 Å². The summed E-state index contributed by atoms with van der Waals surface area (Å²) < 4.78 is 0. The van der Waals surface area contributed by atoms with Crippen molar-refractivity contribution in [2.45, 2.75) is 26.7 Å². The Labute approximate surface area is 121 Å². The maximum Gasteiger partial charge on any atom is 0.0461 e. The van der Waals surface area contributed by atoms with Crippen molar-refractivity contribution in [3.63, 3.8) is 0 Å². The van der Waals surface area contributed by atoms with Crippen LogP contribution in [0.1, 0.15) is 23.1 Å². The molecule has 1 aliphatic heterocycles. The van der Waals surface area contributed by atoms with Crippen LogP contribution < -0.4 is 10.2 Å². The smallest absolute Gasteiger partial charge is 0.0461 e. The molecule has 1 aliphatic rings. The van der Waals surface area contributed by atoms with Crippen LogP contribution in [0.5, 0.6) is 0 Å². The Bertz CT molecular complexity index is 611. The van der Waals surface area contributed by atoms with Gasteiger partial charge >= 0.3 is 0 Å². The molecule has 0 saturated carbocycles. The summed E-state index contributed by atoms with van der Waals surface area (Å²) in [6, 6.07) is 13.3. The van der Waals surface area contributed by atoms with Crippen molar-refractivity contribution in [1.29, 1.82) is 0 Å². The fourth-order valence-corrected chi connectivity index (χ4v) is 3.09. The zero-order valence-electron chi connectivity index (χ0n) is 12.5. The van der Waals surface area contributed by atoms with E-state index in [9.17, 15) is 0 Å². The van der Waals surface area contributed by atoms with Crippen molar-refractivity contribution in [1.82, 2.24) is 0 Å². The fourth-order valence-electron chi connectivity index (χ4n) is 3.09. The van der Waals surface area contributed by atoms with Gasteiger partial charge in [0.15, 0.2) is 0 Å². The lowest BCUT2D eigenvalue weighted by Gasteiger charge is -2.27. The van der Waals surface area contributed by atoms with E-state index >= 15 is 0 Å². The van der Waals surface area contributed by atoms with Gasteiger partial charge < -0.3 is 10.2 Å². The number of rotatable bonds is 2. The van der Waals surface area contributed by atoms with Gasteiger partial charge in [0.05, 0.1) is 0 Å². The van der Waals surface area contributed by atoms with Gasteiger partial charge in [0, 0.05) is 30.7 Å². The second kappa shape index (κ2) is 5.20. The van der Waals surface area contributed by atoms with Crippen LogP contribution in [0.25, 0.3) is 0 Å². The molecule has 104 valence electrons. The van der Waals surface area contributed by atoms with E-state index < -0.39 is 0 Å². The topological polar surface area (TPSA) is 15.3 Å². The third-order valence-electron chi connectivity index (χ3n) is 4.03. The Hall–Kier alpha value is -1.96. The van der Waals surface area contributed by atoms with Gasteiger partial charge in [0.25, 0.3) is 0 Å². The van der Waals surface area contributed by atoms with E-state index in [1.807, 2.05) is 0 Å². The number of hydrogen-bond acceptors (Lipinski definition) is 2. The van der Waals surface area contributed by atoms with Gasteiger partial charge in [-0.15, -0.1) is 0 Å². The van der Waals surface area contributed by atoms with Crippen molar-refractivity contribution in [3.8, 4) is 0 Å². The summed E-state index contributed by atoms with van der Waals surface area (Å²) in [5.41, 5.74) is 7.95. The van der Waals surface area contributed by atoms with E-state index in [0.29, 0.717) is 0 Å². The summed E-state index contributed by atoms with van der Waals surface area (Å²) in [5.74, 6) is 0. The summed E-state index contributed by atoms with van der Waals surface area (Å²) in [6.45, 7) is 5.41. The van der Waals surface area contributed by atoms with Crippen molar-refractivity contribution < 1.29 is 0 Å². The van der Waals surface area contributed by atoms with Crippen LogP contribution in [0, 0.1) is 13.8 Å². The first kappa shape index (κ1) is 13.0. The van der Waals surface area contributed by atoms with Crippen LogP contribution in [0.3, 0.4) is 0 Å². The Morgan fingerprint density at radius 2 is 1.80 bits per heavy atom. The molecule has 0 bridgehead atoms. The number of fused-ring (bicyclic) bond motifs is 1. The van der Waals surface area contributed by atoms with Crippen molar-refractivity contribution in [2.24, 2.45) is 0 Å². The average molecular weight is 266 g/mol. The maximum atomic E-state index is 3.51. The highest BCUT2D eigenvalue weighted by molar-refractivity contribution is 5.73. The number of aryl methyl sites for hydroxylation is 2. The van der Waals surface area contributed by atoms with Gasteiger partial charge in [0.1, 0.15) is 0 Å². The highest BCUT2D eigenvalue weighted by Crippen LogP contribution is 2.34. The van der Waals surface area contributed by atoms with Crippen LogP contribution >= 0.6 is 0 Å². The minimum atomic E-state index is 1.09. The summed E-state index contributed by atoms with van der Waals surface area (Å²) in [7, 11) is 2.17. The molecule has 1 N–H and O–H groups in total. The average Bonchev–Trinajstić information content (AvgIpc) is 2.45. The molecule has 0 atom stereocenters. The second-order valence-electron chi connectivity index (χ2n) is 5.74. The van der Waals surface area contributed by atoms with Gasteiger partial charge in [-0.25, -0.2) is 0 Å². The Morgan fingerprint density at radius 3 is 2.55 bits per heavy atom. The van der Waals surface area contributed by atoms with E-state index in [1.165, 1.54) is 40.2 Å². The van der Waals surface area contributed by atoms with Gasteiger partial charge in [-0.1, -0.05) is 12.1 Å². The fraction of sp³-hybridized carbons (Fsp3) is 0.333. The van der Waals surface area contributed by atoms with Crippen molar-refractivity contribution in [2.75, 3.05) is 23.8 Å². The van der Waals surface area contributed by atoms with Crippen LogP contribution in [0.15, 0.2) is 36.4 Å². The molecule has 3 rings (SSSR count). The summed E-state index contributed by atoms with van der Waals surface area (Å²) in [6.07, 6.45) is 2.37. The van der Waals surface area contributed by atoms with E-state index in [0.717, 1.165) is 13.0 Å². The standard InChI is InChI=1S/C18H22N2/c1-13-10-14(2)12-15(11-13)20(3)18-8-4-7-17-16(18)6-5-9-19-17/h4,7-8,10-12,19H,5-6,9H2,1-3H3. The lowest BCUT2D eigenvalue weighted by atomic mass is 10.00. The first-order valence-corrected chi connectivity index (χ1v) is 7.33. The molecule has 0 amide bonds. The highest BCUT2D eigenvalue weighted by Gasteiger charge is 2.16. The predicted octanol–water partition coefficient (Wildman–Crippen LogP) is 4.43. The molecule has 2 aromatic carbocycles. The molecule has 0 radical (unpaired) electrons. The summed E-state index contributed by atoms with van der Waals surface area (Å²) in [4.78, 5) is 2.31. The Morgan fingerprint density at radius 1 is 1.05 bits per heavy atom. The largest absolute Gasteiger partial charge is 0.385 e. The van der Waals surface area contributed by atoms with Gasteiger partial charge in [-0.2, -0.15) is 0 Å². The van der Waals surface area contributed by atoms with E-state index in [1.54, 1.807) is 0 Å². The number of nitrogens with zero attached hydrogens (tertiary/aromatic N) is 1. The van der Waals surface area contributed by atoms with Gasteiger partial charge in [0.2, 0.25) is 0 Å². The minimum Gasteiger partial charge on any atom is -0.385 e. The van der Waals surface area contributed by atoms with Gasteiger partial charge in [-0.05, 0) is 67.6 Å². The summed E-state index contributed by atoms with van der Waals surface area (Å²) in [5, 5.41) is 3.51. The first-order valence-electron chi connectivity index (χ1n) is 7.33. The van der Waals surface area contributed by atoms with Crippen LogP contribution in [-0.4, -0.2) is 13.6 Å². The number of hydrogen-bond donors (Lipinski definition) is 1. The van der Waals surface area contributed by atoms with Crippen LogP contribution in [-0.2, 0) is 6.42 Å². The lowest BCUT2D eigenvalue weighted by Crippen LogP contribution is -2.17. The highest BCUT2D eigenvalue weighted by atomic mass is 15.1. The SMILES string of the molecule is Cc1cc(C)cc(N(C)c2cccc3c2CCCN3)c1. The number of nitrogens with one attached hydrogen (secondary N) is 1. The molecular formula is C18H22N2. The first-order chi connectivity index (χ1) is 9.65. The Balaban J connectivity index is 2.04. The summed E-state index contributed by atoms with van der Waals surface area (Å²) >= 11 is 0. The molecule has 0 fully saturated rings. The molecule has 0 aromatic heterocycles. The van der Waals surface area contributed by atoms with Gasteiger partial charge in [-0.3, -0.25) is 0 Å². The van der Waals surface area contributed by atoms with E-state index in [2.05, 4.69) is 67.5 Å². The monoisotopic (exact) mass is 266 g/mol. The third kappa shape index (κ3) is 2.38. The normalized spacial score (nSPS) is 13.6. The second-order valence-corrected chi connectivity index (χ2v) is 5.74. The molecular weight excluding hydrogens is 244 g/mol. The molecule has 0 aliphatic carbocycles. The molecule has 2 aromatic rings. The molecule has 0 saturated heterocycles. The molecule has 1 heterocycles. The lowest BCUT2D eigenvalue weighted by molar-refractivity contribution is 0.828.